The Morgan fingerprint density at radius 2 is 0.700 bits per heavy atom. The fourth-order valence-corrected chi connectivity index (χ4v) is 0. The first-order chi connectivity index (χ1) is 3.46. The van der Waals surface area contributed by atoms with Crippen molar-refractivity contribution in [1.29, 1.82) is 0 Å². The van der Waals surface area contributed by atoms with Crippen molar-refractivity contribution in [2.75, 3.05) is 0 Å². The Morgan fingerprint density at radius 1 is 0.700 bits per heavy atom. The van der Waals surface area contributed by atoms with Crippen LogP contribution < -0.4 is 0 Å². The van der Waals surface area contributed by atoms with E-state index in [4.69, 9.17) is 30.6 Å². The smallest absolute Gasteiger partial charge is 0.0689 e. The molecular weight excluding hydrogens is 156 g/mol. The highest BCUT2D eigenvalue weighted by molar-refractivity contribution is 4.04. The average molecular weight is 160 g/mol. The van der Waals surface area contributed by atoms with Crippen LogP contribution in [0.5, 0.6) is 0 Å². The lowest BCUT2D eigenvalue weighted by Gasteiger charge is -1.74. The lowest BCUT2D eigenvalue weighted by molar-refractivity contribution is -0.403. The normalized spacial score (nSPS) is 4.80. The first kappa shape index (κ1) is 23.9. The van der Waals surface area contributed by atoms with Gasteiger partial charge in [0.15, 0.2) is 0 Å². The molecule has 0 aliphatic carbocycles. The molecule has 0 saturated carbocycles. The fourth-order valence-electron chi connectivity index (χ4n) is 0. The first-order valence-electron chi connectivity index (χ1n) is 1.10. The highest BCUT2D eigenvalue weighted by Gasteiger charge is 1.46. The molecule has 0 atom stereocenters. The van der Waals surface area contributed by atoms with E-state index >= 15 is 0 Å². The van der Waals surface area contributed by atoms with E-state index in [1.807, 2.05) is 0 Å². The summed E-state index contributed by atoms with van der Waals surface area (Å²) >= 11 is 0. The van der Waals surface area contributed by atoms with Crippen molar-refractivity contribution >= 4 is 0 Å². The minimum Gasteiger partial charge on any atom is -0.412 e. The molecular formula is H4N2O8-2. The Labute approximate surface area is 53.1 Å². The van der Waals surface area contributed by atoms with Gasteiger partial charge in [0, 0.05) is 0 Å². The molecule has 0 fully saturated rings. The molecule has 0 aliphatic heterocycles. The zero-order chi connectivity index (χ0) is 7.15. The number of rotatable bonds is 0. The van der Waals surface area contributed by atoms with Crippen LogP contribution in [0.1, 0.15) is 0 Å². The summed E-state index contributed by atoms with van der Waals surface area (Å²) in [6.45, 7) is 0. The number of hydrogen-bond donors (Lipinski definition) is 0. The molecule has 0 heterocycles. The molecule has 0 aromatic heterocycles. The Hall–Kier alpha value is -1.68. The van der Waals surface area contributed by atoms with Crippen LogP contribution in [0.25, 0.3) is 0 Å². The third-order valence-corrected chi connectivity index (χ3v) is 0. The second-order valence-corrected chi connectivity index (χ2v) is 0.447. The van der Waals surface area contributed by atoms with Gasteiger partial charge in [-0.1, -0.05) is 0 Å². The van der Waals surface area contributed by atoms with Crippen molar-refractivity contribution < 1.29 is 21.1 Å². The first-order valence-corrected chi connectivity index (χ1v) is 1.10. The largest absolute Gasteiger partial charge is 0.412 e. The third kappa shape index (κ3) is 63.4. The molecule has 10 heteroatoms. The minimum atomic E-state index is -1.75. The van der Waals surface area contributed by atoms with E-state index in [1.54, 1.807) is 0 Å². The fraction of sp³-hybridized carbons (Fsp3) is 0. The molecule has 0 radical (unpaired) electrons. The predicted molar refractivity (Wildman–Crippen MR) is 28.0 cm³/mol. The molecule has 0 bridgehead atoms. The molecule has 0 rings (SSSR count). The van der Waals surface area contributed by atoms with Crippen molar-refractivity contribution in [2.24, 2.45) is 0 Å². The van der Waals surface area contributed by atoms with Gasteiger partial charge in [-0.15, -0.1) is 0 Å². The van der Waals surface area contributed by atoms with Crippen molar-refractivity contribution in [3.63, 3.8) is 0 Å². The van der Waals surface area contributed by atoms with Crippen LogP contribution in [0.3, 0.4) is 0 Å². The summed E-state index contributed by atoms with van der Waals surface area (Å²) in [5.41, 5.74) is 0. The van der Waals surface area contributed by atoms with Crippen LogP contribution in [-0.4, -0.2) is 21.1 Å². The highest BCUT2D eigenvalue weighted by Crippen LogP contribution is 1.44. The summed E-state index contributed by atoms with van der Waals surface area (Å²) in [5, 5.41) is 29.5. The van der Waals surface area contributed by atoms with Crippen molar-refractivity contribution in [3.8, 4) is 0 Å². The van der Waals surface area contributed by atoms with Gasteiger partial charge in [0.05, 0.1) is 10.2 Å². The maximum absolute atomic E-state index is 8.25. The second-order valence-electron chi connectivity index (χ2n) is 0.447. The van der Waals surface area contributed by atoms with Crippen LogP contribution in [0.4, 0.5) is 0 Å². The summed E-state index contributed by atoms with van der Waals surface area (Å²) < 4.78 is 0. The molecule has 0 aromatic rings. The molecule has 10 nitrogen and oxygen atoms in total. The van der Waals surface area contributed by atoms with Crippen LogP contribution in [0.2, 0.25) is 0 Å². The standard InChI is InChI=1S/2NO3.2H2O/c2*2-1(3)4;;/h;;2*1H2/q2*-1;;. The Kier molecular flexibility index (Phi) is 37.4. The Bertz CT molecular complexity index is 65.3. The topological polar surface area (TPSA) is 195 Å². The molecule has 0 spiro atoms. The van der Waals surface area contributed by atoms with Crippen LogP contribution in [0, 0.1) is 30.6 Å². The lowest BCUT2D eigenvalue weighted by atomic mass is 13.1. The summed E-state index contributed by atoms with van der Waals surface area (Å²) in [5.74, 6) is 0. The molecule has 0 aromatic carbocycles. The quantitative estimate of drug-likeness (QED) is 0.286. The molecule has 64 valence electrons. The predicted octanol–water partition coefficient (Wildman–Crippen LogP) is -2.13. The Balaban J connectivity index is -0.0000000300. The van der Waals surface area contributed by atoms with Gasteiger partial charge in [-0.05, 0) is 0 Å². The SMILES string of the molecule is O.O.O=[N+]([O-])[O-].O=[N+]([O-])[O-]. The maximum Gasteiger partial charge on any atom is 0.0689 e. The zero-order valence-electron chi connectivity index (χ0n) is 4.34. The van der Waals surface area contributed by atoms with E-state index in [-0.39, 0.29) is 11.0 Å². The van der Waals surface area contributed by atoms with E-state index in [2.05, 4.69) is 0 Å². The molecule has 0 aliphatic rings. The van der Waals surface area contributed by atoms with E-state index in [9.17, 15) is 0 Å². The molecule has 0 unspecified atom stereocenters. The number of hydrogen-bond acceptors (Lipinski definition) is 6. The molecule has 0 amide bonds. The highest BCUT2D eigenvalue weighted by atomic mass is 16.9. The number of nitrogens with zero attached hydrogens (tertiary/aromatic N) is 2. The van der Waals surface area contributed by atoms with Gasteiger partial charge < -0.3 is 41.6 Å². The van der Waals surface area contributed by atoms with Crippen LogP contribution in [-0.2, 0) is 0 Å². The summed E-state index contributed by atoms with van der Waals surface area (Å²) in [4.78, 5) is 16.5. The van der Waals surface area contributed by atoms with Gasteiger partial charge in [-0.3, -0.25) is 0 Å². The summed E-state index contributed by atoms with van der Waals surface area (Å²) in [6.07, 6.45) is 0. The van der Waals surface area contributed by atoms with Crippen LogP contribution >= 0.6 is 0 Å². The van der Waals surface area contributed by atoms with Crippen LogP contribution in [0.15, 0.2) is 0 Å². The molecule has 10 heavy (non-hydrogen) atoms. The molecule has 4 N–H and O–H groups in total. The van der Waals surface area contributed by atoms with E-state index in [1.165, 1.54) is 0 Å². The van der Waals surface area contributed by atoms with Crippen molar-refractivity contribution in [3.05, 3.63) is 30.6 Å². The third-order valence-electron chi connectivity index (χ3n) is 0. The average Bonchev–Trinajstić information content (AvgIpc) is 1.25. The molecule has 0 saturated heterocycles. The zero-order valence-corrected chi connectivity index (χ0v) is 4.34. The second kappa shape index (κ2) is 15.7. The Morgan fingerprint density at radius 3 is 0.700 bits per heavy atom. The van der Waals surface area contributed by atoms with E-state index in [0.717, 1.165) is 0 Å². The lowest BCUT2D eigenvalue weighted by Crippen LogP contribution is -1.74. The summed E-state index contributed by atoms with van der Waals surface area (Å²) in [6, 6.07) is 0. The van der Waals surface area contributed by atoms with Gasteiger partial charge in [0.1, 0.15) is 0 Å². The van der Waals surface area contributed by atoms with Crippen molar-refractivity contribution in [2.45, 2.75) is 0 Å². The maximum atomic E-state index is 8.25. The monoisotopic (exact) mass is 160 g/mol. The van der Waals surface area contributed by atoms with E-state index in [0.29, 0.717) is 0 Å². The van der Waals surface area contributed by atoms with Crippen molar-refractivity contribution in [1.82, 2.24) is 0 Å². The summed E-state index contributed by atoms with van der Waals surface area (Å²) in [7, 11) is 0. The minimum absolute atomic E-state index is 0. The van der Waals surface area contributed by atoms with Gasteiger partial charge in [-0.25, -0.2) is 0 Å². The van der Waals surface area contributed by atoms with Gasteiger partial charge in [0.2, 0.25) is 0 Å². The van der Waals surface area contributed by atoms with Gasteiger partial charge in [0.25, 0.3) is 0 Å². The van der Waals surface area contributed by atoms with Gasteiger partial charge in [-0.2, -0.15) is 0 Å². The van der Waals surface area contributed by atoms with Gasteiger partial charge >= 0.3 is 0 Å². The van der Waals surface area contributed by atoms with E-state index < -0.39 is 10.2 Å².